The first kappa shape index (κ1) is 11.3. The molecule has 3 rings (SSSR count). The molecule has 1 fully saturated rings. The predicted molar refractivity (Wildman–Crippen MR) is 63.9 cm³/mol. The number of ether oxygens (including phenoxy) is 3. The monoisotopic (exact) mass is 249 g/mol. The molecule has 1 aromatic carbocycles. The number of hydrogen-bond acceptors (Lipinski definition) is 4. The van der Waals surface area contributed by atoms with Gasteiger partial charge in [-0.15, -0.1) is 0 Å². The molecular formula is C13H15NO4. The Balaban J connectivity index is 1.83. The Kier molecular flexibility index (Phi) is 2.83. The SMILES string of the molecule is CC1COCCN1C(=O)c1ccc2c(c1)OCO2. The summed E-state index contributed by atoms with van der Waals surface area (Å²) in [5.74, 6) is 1.35. The van der Waals surface area contributed by atoms with Crippen LogP contribution in [0.15, 0.2) is 18.2 Å². The molecule has 1 unspecified atom stereocenters. The molecule has 2 heterocycles. The zero-order valence-electron chi connectivity index (χ0n) is 10.2. The lowest BCUT2D eigenvalue weighted by Gasteiger charge is -2.33. The lowest BCUT2D eigenvalue weighted by atomic mass is 10.1. The third-order valence-electron chi connectivity index (χ3n) is 3.25. The highest BCUT2D eigenvalue weighted by molar-refractivity contribution is 5.95. The quantitative estimate of drug-likeness (QED) is 0.752. The normalized spacial score (nSPS) is 22.1. The van der Waals surface area contributed by atoms with Gasteiger partial charge in [0.2, 0.25) is 6.79 Å². The second kappa shape index (κ2) is 4.49. The van der Waals surface area contributed by atoms with Gasteiger partial charge in [-0.1, -0.05) is 0 Å². The smallest absolute Gasteiger partial charge is 0.254 e. The highest BCUT2D eigenvalue weighted by Crippen LogP contribution is 2.33. The van der Waals surface area contributed by atoms with Crippen molar-refractivity contribution in [1.29, 1.82) is 0 Å². The molecule has 0 aromatic heterocycles. The van der Waals surface area contributed by atoms with Crippen molar-refractivity contribution >= 4 is 5.91 Å². The molecule has 5 nitrogen and oxygen atoms in total. The number of morpholine rings is 1. The number of benzene rings is 1. The van der Waals surface area contributed by atoms with E-state index in [4.69, 9.17) is 14.2 Å². The molecule has 96 valence electrons. The van der Waals surface area contributed by atoms with E-state index in [2.05, 4.69) is 0 Å². The molecular weight excluding hydrogens is 234 g/mol. The van der Waals surface area contributed by atoms with Crippen molar-refractivity contribution in [3.63, 3.8) is 0 Å². The minimum absolute atomic E-state index is 0.0177. The van der Waals surface area contributed by atoms with Crippen molar-refractivity contribution in [3.05, 3.63) is 23.8 Å². The van der Waals surface area contributed by atoms with Crippen LogP contribution in [0.2, 0.25) is 0 Å². The number of carbonyl (C=O) groups excluding carboxylic acids is 1. The highest BCUT2D eigenvalue weighted by atomic mass is 16.7. The summed E-state index contributed by atoms with van der Waals surface area (Å²) in [6, 6.07) is 5.41. The summed E-state index contributed by atoms with van der Waals surface area (Å²) < 4.78 is 15.9. The molecule has 18 heavy (non-hydrogen) atoms. The standard InChI is InChI=1S/C13H15NO4/c1-9-7-16-5-4-14(9)13(15)10-2-3-11-12(6-10)18-8-17-11/h2-3,6,9H,4-5,7-8H2,1H3. The van der Waals surface area contributed by atoms with Crippen LogP contribution >= 0.6 is 0 Å². The van der Waals surface area contributed by atoms with Crippen LogP contribution in [0.1, 0.15) is 17.3 Å². The maximum Gasteiger partial charge on any atom is 0.254 e. The first-order valence-corrected chi connectivity index (χ1v) is 6.04. The molecule has 0 aliphatic carbocycles. The lowest BCUT2D eigenvalue weighted by Crippen LogP contribution is -2.47. The average Bonchev–Trinajstić information content (AvgIpc) is 2.85. The molecule has 5 heteroatoms. The fraction of sp³-hybridized carbons (Fsp3) is 0.462. The van der Waals surface area contributed by atoms with E-state index in [-0.39, 0.29) is 18.7 Å². The zero-order valence-corrected chi connectivity index (χ0v) is 10.2. The Hall–Kier alpha value is -1.75. The van der Waals surface area contributed by atoms with Crippen LogP contribution in [0.3, 0.4) is 0 Å². The van der Waals surface area contributed by atoms with Crippen molar-refractivity contribution in [3.8, 4) is 11.5 Å². The van der Waals surface area contributed by atoms with Gasteiger partial charge in [-0.3, -0.25) is 4.79 Å². The maximum absolute atomic E-state index is 12.4. The molecule has 0 radical (unpaired) electrons. The molecule has 1 aromatic rings. The molecule has 1 saturated heterocycles. The third-order valence-corrected chi connectivity index (χ3v) is 3.25. The Morgan fingerprint density at radius 3 is 3.00 bits per heavy atom. The number of hydrogen-bond donors (Lipinski definition) is 0. The van der Waals surface area contributed by atoms with Gasteiger partial charge in [0.15, 0.2) is 11.5 Å². The van der Waals surface area contributed by atoms with Gasteiger partial charge in [0.05, 0.1) is 19.3 Å². The number of fused-ring (bicyclic) bond motifs is 1. The van der Waals surface area contributed by atoms with Crippen LogP contribution in [0.4, 0.5) is 0 Å². The van der Waals surface area contributed by atoms with E-state index in [1.165, 1.54) is 0 Å². The van der Waals surface area contributed by atoms with E-state index in [9.17, 15) is 4.79 Å². The summed E-state index contributed by atoms with van der Waals surface area (Å²) in [7, 11) is 0. The van der Waals surface area contributed by atoms with Crippen LogP contribution < -0.4 is 9.47 Å². The molecule has 1 atom stereocenters. The first-order chi connectivity index (χ1) is 8.75. The molecule has 0 bridgehead atoms. The zero-order chi connectivity index (χ0) is 12.5. The Labute approximate surface area is 105 Å². The second-order valence-corrected chi connectivity index (χ2v) is 4.49. The lowest BCUT2D eigenvalue weighted by molar-refractivity contribution is 0.00358. The average molecular weight is 249 g/mol. The van der Waals surface area contributed by atoms with Gasteiger partial charge < -0.3 is 19.1 Å². The molecule has 2 aliphatic rings. The number of nitrogens with zero attached hydrogens (tertiary/aromatic N) is 1. The number of rotatable bonds is 1. The summed E-state index contributed by atoms with van der Waals surface area (Å²) in [6.07, 6.45) is 0. The molecule has 0 spiro atoms. The first-order valence-electron chi connectivity index (χ1n) is 6.04. The van der Waals surface area contributed by atoms with Crippen molar-refractivity contribution < 1.29 is 19.0 Å². The summed E-state index contributed by atoms with van der Waals surface area (Å²) in [5.41, 5.74) is 0.632. The van der Waals surface area contributed by atoms with E-state index in [1.54, 1.807) is 18.2 Å². The van der Waals surface area contributed by atoms with E-state index < -0.39 is 0 Å². The van der Waals surface area contributed by atoms with E-state index in [0.29, 0.717) is 36.8 Å². The predicted octanol–water partition coefficient (Wildman–Crippen LogP) is 1.28. The van der Waals surface area contributed by atoms with Crippen LogP contribution in [-0.4, -0.2) is 43.4 Å². The van der Waals surface area contributed by atoms with Gasteiger partial charge in [0.1, 0.15) is 0 Å². The van der Waals surface area contributed by atoms with Gasteiger partial charge >= 0.3 is 0 Å². The summed E-state index contributed by atoms with van der Waals surface area (Å²) in [6.45, 7) is 4.04. The topological polar surface area (TPSA) is 48.0 Å². The number of carbonyl (C=O) groups is 1. The van der Waals surface area contributed by atoms with Crippen molar-refractivity contribution in [2.45, 2.75) is 13.0 Å². The minimum Gasteiger partial charge on any atom is -0.454 e. The van der Waals surface area contributed by atoms with E-state index >= 15 is 0 Å². The maximum atomic E-state index is 12.4. The summed E-state index contributed by atoms with van der Waals surface area (Å²) in [4.78, 5) is 14.2. The van der Waals surface area contributed by atoms with E-state index in [0.717, 1.165) is 0 Å². The van der Waals surface area contributed by atoms with Gasteiger partial charge in [0.25, 0.3) is 5.91 Å². The number of amides is 1. The molecule has 0 saturated carbocycles. The van der Waals surface area contributed by atoms with Gasteiger partial charge in [-0.2, -0.15) is 0 Å². The molecule has 1 amide bonds. The largest absolute Gasteiger partial charge is 0.454 e. The molecule has 2 aliphatic heterocycles. The van der Waals surface area contributed by atoms with E-state index in [1.807, 2.05) is 11.8 Å². The fourth-order valence-electron chi connectivity index (χ4n) is 2.22. The van der Waals surface area contributed by atoms with Crippen molar-refractivity contribution in [1.82, 2.24) is 4.90 Å². The Morgan fingerprint density at radius 2 is 2.17 bits per heavy atom. The second-order valence-electron chi connectivity index (χ2n) is 4.49. The fourth-order valence-corrected chi connectivity index (χ4v) is 2.22. The van der Waals surface area contributed by atoms with Gasteiger partial charge in [-0.25, -0.2) is 0 Å². The van der Waals surface area contributed by atoms with Gasteiger partial charge in [-0.05, 0) is 25.1 Å². The van der Waals surface area contributed by atoms with Crippen LogP contribution in [0, 0.1) is 0 Å². The Morgan fingerprint density at radius 1 is 1.33 bits per heavy atom. The Bertz CT molecular complexity index is 474. The van der Waals surface area contributed by atoms with Crippen LogP contribution in [-0.2, 0) is 4.74 Å². The highest BCUT2D eigenvalue weighted by Gasteiger charge is 2.26. The van der Waals surface area contributed by atoms with Crippen molar-refractivity contribution in [2.75, 3.05) is 26.6 Å². The van der Waals surface area contributed by atoms with Crippen LogP contribution in [0.25, 0.3) is 0 Å². The molecule has 0 N–H and O–H groups in total. The van der Waals surface area contributed by atoms with Gasteiger partial charge in [0, 0.05) is 12.1 Å². The summed E-state index contributed by atoms with van der Waals surface area (Å²) in [5, 5.41) is 0. The third kappa shape index (κ3) is 1.90. The van der Waals surface area contributed by atoms with Crippen LogP contribution in [0.5, 0.6) is 11.5 Å². The van der Waals surface area contributed by atoms with Crippen molar-refractivity contribution in [2.24, 2.45) is 0 Å². The summed E-state index contributed by atoms with van der Waals surface area (Å²) >= 11 is 0. The minimum atomic E-state index is 0.0177.